The van der Waals surface area contributed by atoms with Gasteiger partial charge in [0.1, 0.15) is 0 Å². The summed E-state index contributed by atoms with van der Waals surface area (Å²) >= 11 is 0. The molecule has 0 aromatic carbocycles. The Labute approximate surface area is 102 Å². The van der Waals surface area contributed by atoms with Crippen LogP contribution in [0.15, 0.2) is 12.2 Å². The van der Waals surface area contributed by atoms with Gasteiger partial charge in [0, 0.05) is 0 Å². The number of aliphatic hydroxyl groups is 3. The van der Waals surface area contributed by atoms with Gasteiger partial charge in [-0.15, -0.1) is 0 Å². The van der Waals surface area contributed by atoms with Crippen molar-refractivity contribution in [2.45, 2.75) is 38.4 Å². The zero-order valence-corrected chi connectivity index (χ0v) is 10.3. The lowest BCUT2D eigenvalue weighted by Crippen LogP contribution is -2.42. The number of hydrogen-bond acceptors (Lipinski definition) is 3. The van der Waals surface area contributed by atoms with E-state index in [1.54, 1.807) is 0 Å². The summed E-state index contributed by atoms with van der Waals surface area (Å²) in [7, 11) is 0. The van der Waals surface area contributed by atoms with Gasteiger partial charge in [0.15, 0.2) is 0 Å². The smallest absolute Gasteiger partial charge is 0.0830 e. The van der Waals surface area contributed by atoms with Crippen LogP contribution in [-0.4, -0.2) is 34.1 Å². The third-order valence-electron chi connectivity index (χ3n) is 5.93. The molecule has 3 aliphatic rings. The third-order valence-corrected chi connectivity index (χ3v) is 5.93. The minimum atomic E-state index is -0.572. The average Bonchev–Trinajstić information content (AvgIpc) is 2.75. The molecule has 1 spiro atoms. The number of fused-ring (bicyclic) bond motifs is 1. The summed E-state index contributed by atoms with van der Waals surface area (Å²) in [6, 6.07) is 0. The van der Waals surface area contributed by atoms with E-state index in [0.717, 1.165) is 24.8 Å². The molecule has 17 heavy (non-hydrogen) atoms. The van der Waals surface area contributed by atoms with Crippen LogP contribution in [-0.2, 0) is 0 Å². The fourth-order valence-corrected chi connectivity index (χ4v) is 4.87. The summed E-state index contributed by atoms with van der Waals surface area (Å²) in [4.78, 5) is 0. The molecule has 3 aliphatic carbocycles. The van der Waals surface area contributed by atoms with Crippen molar-refractivity contribution in [3.8, 4) is 0 Å². The van der Waals surface area contributed by atoms with E-state index >= 15 is 0 Å². The van der Waals surface area contributed by atoms with E-state index < -0.39 is 12.2 Å². The second-order valence-electron chi connectivity index (χ2n) is 6.36. The molecule has 0 saturated heterocycles. The Hall–Kier alpha value is -0.380. The van der Waals surface area contributed by atoms with E-state index in [-0.39, 0.29) is 17.9 Å². The van der Waals surface area contributed by atoms with Crippen LogP contribution in [0.25, 0.3) is 0 Å². The van der Waals surface area contributed by atoms with Gasteiger partial charge in [0.05, 0.1) is 18.8 Å². The Kier molecular flexibility index (Phi) is 2.45. The molecule has 96 valence electrons. The zero-order valence-electron chi connectivity index (χ0n) is 10.3. The summed E-state index contributed by atoms with van der Waals surface area (Å²) in [5.41, 5.74) is 1.18. The molecule has 0 aromatic heterocycles. The Morgan fingerprint density at radius 2 is 1.94 bits per heavy atom. The van der Waals surface area contributed by atoms with Crippen molar-refractivity contribution >= 4 is 0 Å². The van der Waals surface area contributed by atoms with Gasteiger partial charge >= 0.3 is 0 Å². The van der Waals surface area contributed by atoms with Gasteiger partial charge in [-0.1, -0.05) is 13.5 Å². The van der Waals surface area contributed by atoms with Gasteiger partial charge in [-0.2, -0.15) is 0 Å². The lowest BCUT2D eigenvalue weighted by Gasteiger charge is -2.37. The molecular formula is C14H22O3. The van der Waals surface area contributed by atoms with E-state index in [4.69, 9.17) is 5.11 Å². The second kappa shape index (κ2) is 3.56. The molecule has 3 rings (SSSR count). The van der Waals surface area contributed by atoms with Crippen molar-refractivity contribution in [2.75, 3.05) is 6.61 Å². The summed E-state index contributed by atoms with van der Waals surface area (Å²) in [5.74, 6) is 1.83. The molecule has 0 heterocycles. The molecule has 3 N–H and O–H groups in total. The molecule has 0 bridgehead atoms. The predicted molar refractivity (Wildman–Crippen MR) is 64.2 cm³/mol. The van der Waals surface area contributed by atoms with Gasteiger partial charge in [-0.05, 0) is 53.9 Å². The van der Waals surface area contributed by atoms with Gasteiger partial charge < -0.3 is 15.3 Å². The van der Waals surface area contributed by atoms with Crippen molar-refractivity contribution in [2.24, 2.45) is 29.1 Å². The van der Waals surface area contributed by atoms with Crippen LogP contribution in [0, 0.1) is 29.1 Å². The zero-order chi connectivity index (χ0) is 12.4. The monoisotopic (exact) mass is 238 g/mol. The van der Waals surface area contributed by atoms with E-state index in [2.05, 4.69) is 13.5 Å². The molecule has 0 amide bonds. The molecular weight excluding hydrogens is 216 g/mol. The van der Waals surface area contributed by atoms with Crippen LogP contribution in [0.5, 0.6) is 0 Å². The molecule has 0 radical (unpaired) electrons. The van der Waals surface area contributed by atoms with Crippen LogP contribution >= 0.6 is 0 Å². The first-order valence-corrected chi connectivity index (χ1v) is 6.67. The van der Waals surface area contributed by atoms with Crippen molar-refractivity contribution in [1.29, 1.82) is 0 Å². The van der Waals surface area contributed by atoms with Crippen molar-refractivity contribution in [3.63, 3.8) is 0 Å². The molecule has 0 aromatic rings. The van der Waals surface area contributed by atoms with Gasteiger partial charge in [-0.3, -0.25) is 0 Å². The van der Waals surface area contributed by atoms with E-state index in [1.165, 1.54) is 0 Å². The fourth-order valence-electron chi connectivity index (χ4n) is 4.87. The van der Waals surface area contributed by atoms with Crippen LogP contribution in [0.1, 0.15) is 26.2 Å². The molecule has 3 saturated carbocycles. The van der Waals surface area contributed by atoms with Crippen molar-refractivity contribution in [1.82, 2.24) is 0 Å². The fraction of sp³-hybridized carbons (Fsp3) is 0.857. The third kappa shape index (κ3) is 1.33. The topological polar surface area (TPSA) is 60.7 Å². The highest BCUT2D eigenvalue weighted by Crippen LogP contribution is 2.77. The lowest BCUT2D eigenvalue weighted by atomic mass is 9.72. The minimum Gasteiger partial charge on any atom is -0.392 e. The molecule has 0 aliphatic heterocycles. The maximum absolute atomic E-state index is 10.0. The Bertz CT molecular complexity index is 353. The Morgan fingerprint density at radius 3 is 2.59 bits per heavy atom. The number of aliphatic hydroxyl groups excluding tert-OH is 3. The summed E-state index contributed by atoms with van der Waals surface area (Å²) in [5, 5.41) is 29.0. The first kappa shape index (κ1) is 11.7. The lowest BCUT2D eigenvalue weighted by molar-refractivity contribution is -0.0675. The van der Waals surface area contributed by atoms with Gasteiger partial charge in [0.25, 0.3) is 0 Å². The summed E-state index contributed by atoms with van der Waals surface area (Å²) in [6.07, 6.45) is 1.79. The SMILES string of the molecule is C=C(CO)[C@@H]1C[C@@H]2[C@H]3C[C@@H](O)[C@H](O)[C@@H](C)[C@@]23C1. The first-order chi connectivity index (χ1) is 8.02. The first-order valence-electron chi connectivity index (χ1n) is 6.67. The molecule has 3 nitrogen and oxygen atoms in total. The normalized spacial score (nSPS) is 56.2. The average molecular weight is 238 g/mol. The van der Waals surface area contributed by atoms with Crippen LogP contribution in [0.4, 0.5) is 0 Å². The maximum atomic E-state index is 10.0. The van der Waals surface area contributed by atoms with Crippen molar-refractivity contribution < 1.29 is 15.3 Å². The predicted octanol–water partition coefficient (Wildman–Crippen LogP) is 0.939. The van der Waals surface area contributed by atoms with Gasteiger partial charge in [-0.25, -0.2) is 0 Å². The van der Waals surface area contributed by atoms with E-state index in [9.17, 15) is 10.2 Å². The summed E-state index contributed by atoms with van der Waals surface area (Å²) < 4.78 is 0. The molecule has 3 fully saturated rings. The van der Waals surface area contributed by atoms with E-state index in [1.807, 2.05) is 0 Å². The van der Waals surface area contributed by atoms with Crippen LogP contribution in [0.2, 0.25) is 0 Å². The highest BCUT2D eigenvalue weighted by atomic mass is 16.3. The van der Waals surface area contributed by atoms with E-state index in [0.29, 0.717) is 17.8 Å². The minimum absolute atomic E-state index is 0.0810. The van der Waals surface area contributed by atoms with Gasteiger partial charge in [0.2, 0.25) is 0 Å². The maximum Gasteiger partial charge on any atom is 0.0830 e. The Balaban J connectivity index is 1.79. The largest absolute Gasteiger partial charge is 0.392 e. The number of rotatable bonds is 2. The highest BCUT2D eigenvalue weighted by molar-refractivity contribution is 5.25. The van der Waals surface area contributed by atoms with Crippen molar-refractivity contribution in [3.05, 3.63) is 12.2 Å². The Morgan fingerprint density at radius 1 is 1.29 bits per heavy atom. The molecule has 0 unspecified atom stereocenters. The summed E-state index contributed by atoms with van der Waals surface area (Å²) in [6.45, 7) is 6.10. The number of hydrogen-bond donors (Lipinski definition) is 3. The van der Waals surface area contributed by atoms with Crippen LogP contribution in [0.3, 0.4) is 0 Å². The standard InChI is InChI=1S/C14H22O3/c1-7(6-15)9-3-10-11-4-12(16)13(17)8(2)14(10,11)5-9/h8-13,15-17H,1,3-6H2,2H3/t8-,9-,10-,11-,12-,13-,14+/m1/s1. The molecule has 7 atom stereocenters. The highest BCUT2D eigenvalue weighted by Gasteiger charge is 2.73. The van der Waals surface area contributed by atoms with Crippen LogP contribution < -0.4 is 0 Å². The second-order valence-corrected chi connectivity index (χ2v) is 6.36. The molecule has 3 heteroatoms. The quantitative estimate of drug-likeness (QED) is 0.627.